The van der Waals surface area contributed by atoms with E-state index < -0.39 is 5.54 Å². The van der Waals surface area contributed by atoms with Crippen molar-refractivity contribution in [3.8, 4) is 5.75 Å². The van der Waals surface area contributed by atoms with E-state index in [0.717, 1.165) is 25.7 Å². The Labute approximate surface area is 135 Å². The van der Waals surface area contributed by atoms with Crippen molar-refractivity contribution in [2.45, 2.75) is 51.3 Å². The van der Waals surface area contributed by atoms with Crippen LogP contribution in [0.1, 0.15) is 43.7 Å². The van der Waals surface area contributed by atoms with Crippen molar-refractivity contribution < 1.29 is 18.7 Å². The molecule has 1 aromatic rings. The van der Waals surface area contributed by atoms with Gasteiger partial charge in [0, 0.05) is 23.2 Å². The highest BCUT2D eigenvalue weighted by Gasteiger charge is 2.37. The van der Waals surface area contributed by atoms with Crippen LogP contribution in [0.25, 0.3) is 0 Å². The molecule has 1 aliphatic heterocycles. The highest BCUT2D eigenvalue weighted by atomic mass is 19.1. The lowest BCUT2D eigenvalue weighted by molar-refractivity contribution is -0.128. The molecular formula is C17H23FN2O3. The minimum atomic E-state index is -0.478. The third-order valence-electron chi connectivity index (χ3n) is 4.78. The van der Waals surface area contributed by atoms with Crippen LogP contribution in [0.2, 0.25) is 0 Å². The van der Waals surface area contributed by atoms with Gasteiger partial charge in [-0.15, -0.1) is 0 Å². The zero-order chi connectivity index (χ0) is 16.4. The minimum Gasteiger partial charge on any atom is -0.467 e. The average molecular weight is 322 g/mol. The van der Waals surface area contributed by atoms with Gasteiger partial charge in [0.25, 0.3) is 0 Å². The summed E-state index contributed by atoms with van der Waals surface area (Å²) in [5, 5.41) is 2.90. The fourth-order valence-corrected chi connectivity index (χ4v) is 3.48. The van der Waals surface area contributed by atoms with Crippen LogP contribution in [0.3, 0.4) is 0 Å². The summed E-state index contributed by atoms with van der Waals surface area (Å²) >= 11 is 0. The lowest BCUT2D eigenvalue weighted by Crippen LogP contribution is -2.52. The standard InChI is InChI=1S/C17H23FN2O3/c1-17(19)5-3-2-4-14(17)16(21)20-8-11-6-13(18)7-12-9-22-10-23-15(11)12/h6-7,14H,2-5,8-10,19H2,1H3,(H,20,21). The van der Waals surface area contributed by atoms with Crippen LogP contribution < -0.4 is 15.8 Å². The molecule has 2 unspecified atom stereocenters. The quantitative estimate of drug-likeness (QED) is 0.895. The summed E-state index contributed by atoms with van der Waals surface area (Å²) in [5.74, 6) is -0.0230. The number of ether oxygens (including phenoxy) is 2. The Morgan fingerprint density at radius 1 is 1.48 bits per heavy atom. The van der Waals surface area contributed by atoms with Crippen molar-refractivity contribution in [1.29, 1.82) is 0 Å². The van der Waals surface area contributed by atoms with Crippen LogP contribution in [0.5, 0.6) is 5.75 Å². The van der Waals surface area contributed by atoms with Gasteiger partial charge in [0.15, 0.2) is 6.79 Å². The van der Waals surface area contributed by atoms with Gasteiger partial charge in [-0.25, -0.2) is 4.39 Å². The summed E-state index contributed by atoms with van der Waals surface area (Å²) < 4.78 is 24.3. The Hall–Kier alpha value is -1.66. The van der Waals surface area contributed by atoms with E-state index >= 15 is 0 Å². The molecule has 0 bridgehead atoms. The lowest BCUT2D eigenvalue weighted by Gasteiger charge is -2.37. The van der Waals surface area contributed by atoms with Gasteiger partial charge in [0.05, 0.1) is 12.5 Å². The fraction of sp³-hybridized carbons (Fsp3) is 0.588. The van der Waals surface area contributed by atoms with Gasteiger partial charge in [-0.1, -0.05) is 12.8 Å². The molecule has 3 rings (SSSR count). The zero-order valence-electron chi connectivity index (χ0n) is 13.4. The predicted molar refractivity (Wildman–Crippen MR) is 83.1 cm³/mol. The molecule has 23 heavy (non-hydrogen) atoms. The van der Waals surface area contributed by atoms with Crippen LogP contribution in [0.15, 0.2) is 12.1 Å². The Morgan fingerprint density at radius 2 is 2.30 bits per heavy atom. The van der Waals surface area contributed by atoms with Gasteiger partial charge in [-0.2, -0.15) is 0 Å². The first-order valence-electron chi connectivity index (χ1n) is 8.06. The maximum absolute atomic E-state index is 13.7. The first-order chi connectivity index (χ1) is 11.0. The first kappa shape index (κ1) is 16.2. The van der Waals surface area contributed by atoms with E-state index in [0.29, 0.717) is 23.5 Å². The Bertz CT molecular complexity index is 604. The van der Waals surface area contributed by atoms with Crippen LogP contribution in [-0.4, -0.2) is 18.2 Å². The van der Waals surface area contributed by atoms with Crippen molar-refractivity contribution in [3.63, 3.8) is 0 Å². The SMILES string of the molecule is CC1(N)CCCCC1C(=O)NCc1cc(F)cc2c1OCOC2. The van der Waals surface area contributed by atoms with Crippen molar-refractivity contribution in [1.82, 2.24) is 5.32 Å². The van der Waals surface area contributed by atoms with E-state index in [2.05, 4.69) is 5.32 Å². The van der Waals surface area contributed by atoms with E-state index in [1.165, 1.54) is 12.1 Å². The van der Waals surface area contributed by atoms with Gasteiger partial charge in [-0.05, 0) is 31.9 Å². The second-order valence-corrected chi connectivity index (χ2v) is 6.69. The fourth-order valence-electron chi connectivity index (χ4n) is 3.48. The predicted octanol–water partition coefficient (Wildman–Crippen LogP) is 2.22. The average Bonchev–Trinajstić information content (AvgIpc) is 2.51. The number of carbonyl (C=O) groups is 1. The van der Waals surface area contributed by atoms with Gasteiger partial charge in [-0.3, -0.25) is 4.79 Å². The molecule has 6 heteroatoms. The number of halogens is 1. The normalized spacial score (nSPS) is 27.0. The van der Waals surface area contributed by atoms with E-state index in [4.69, 9.17) is 15.2 Å². The number of nitrogens with two attached hydrogens (primary N) is 1. The highest BCUT2D eigenvalue weighted by Crippen LogP contribution is 2.32. The Balaban J connectivity index is 1.71. The number of rotatable bonds is 3. The van der Waals surface area contributed by atoms with E-state index in [1.54, 1.807) is 0 Å². The maximum atomic E-state index is 13.7. The third-order valence-corrected chi connectivity index (χ3v) is 4.78. The van der Waals surface area contributed by atoms with Crippen molar-refractivity contribution in [3.05, 3.63) is 29.1 Å². The molecule has 2 atom stereocenters. The number of benzene rings is 1. The van der Waals surface area contributed by atoms with Crippen LogP contribution in [-0.2, 0) is 22.7 Å². The van der Waals surface area contributed by atoms with Crippen molar-refractivity contribution in [2.24, 2.45) is 11.7 Å². The summed E-state index contributed by atoms with van der Waals surface area (Å²) in [6.07, 6.45) is 3.72. The summed E-state index contributed by atoms with van der Waals surface area (Å²) in [6, 6.07) is 2.80. The molecule has 1 aliphatic carbocycles. The number of hydrogen-bond acceptors (Lipinski definition) is 4. The third kappa shape index (κ3) is 3.48. The number of hydrogen-bond donors (Lipinski definition) is 2. The van der Waals surface area contributed by atoms with Crippen LogP contribution in [0.4, 0.5) is 4.39 Å². The van der Waals surface area contributed by atoms with Crippen LogP contribution >= 0.6 is 0 Å². The summed E-state index contributed by atoms with van der Waals surface area (Å²) in [7, 11) is 0. The second kappa shape index (κ2) is 6.45. The van der Waals surface area contributed by atoms with Gasteiger partial charge >= 0.3 is 0 Å². The number of carbonyl (C=O) groups excluding carboxylic acids is 1. The van der Waals surface area contributed by atoms with Gasteiger partial charge in [0.2, 0.25) is 5.91 Å². The maximum Gasteiger partial charge on any atom is 0.225 e. The summed E-state index contributed by atoms with van der Waals surface area (Å²) in [4.78, 5) is 12.5. The zero-order valence-corrected chi connectivity index (χ0v) is 13.4. The molecule has 1 amide bonds. The smallest absolute Gasteiger partial charge is 0.225 e. The van der Waals surface area contributed by atoms with Crippen molar-refractivity contribution in [2.75, 3.05) is 6.79 Å². The topological polar surface area (TPSA) is 73.6 Å². The molecule has 126 valence electrons. The highest BCUT2D eigenvalue weighted by molar-refractivity contribution is 5.80. The largest absolute Gasteiger partial charge is 0.467 e. The van der Waals surface area contributed by atoms with E-state index in [1.807, 2.05) is 6.92 Å². The van der Waals surface area contributed by atoms with Crippen LogP contribution in [0, 0.1) is 11.7 Å². The molecule has 2 aliphatic rings. The number of nitrogens with one attached hydrogen (secondary N) is 1. The molecule has 0 spiro atoms. The molecule has 0 saturated heterocycles. The molecule has 0 aromatic heterocycles. The molecule has 1 saturated carbocycles. The molecular weight excluding hydrogens is 299 g/mol. The first-order valence-corrected chi connectivity index (χ1v) is 8.06. The number of amides is 1. The lowest BCUT2D eigenvalue weighted by atomic mass is 9.74. The van der Waals surface area contributed by atoms with Gasteiger partial charge < -0.3 is 20.5 Å². The van der Waals surface area contributed by atoms with Gasteiger partial charge in [0.1, 0.15) is 11.6 Å². The summed E-state index contributed by atoms with van der Waals surface area (Å²) in [5.41, 5.74) is 7.09. The Kier molecular flexibility index (Phi) is 4.55. The second-order valence-electron chi connectivity index (χ2n) is 6.69. The minimum absolute atomic E-state index is 0.0697. The monoisotopic (exact) mass is 322 g/mol. The molecule has 3 N–H and O–H groups in total. The molecule has 1 aromatic carbocycles. The molecule has 5 nitrogen and oxygen atoms in total. The van der Waals surface area contributed by atoms with Crippen molar-refractivity contribution >= 4 is 5.91 Å². The molecule has 0 radical (unpaired) electrons. The van der Waals surface area contributed by atoms with E-state index in [-0.39, 0.29) is 31.0 Å². The summed E-state index contributed by atoms with van der Waals surface area (Å²) in [6.45, 7) is 2.62. The Morgan fingerprint density at radius 3 is 3.09 bits per heavy atom. The van der Waals surface area contributed by atoms with E-state index in [9.17, 15) is 9.18 Å². The molecule has 1 heterocycles. The number of fused-ring (bicyclic) bond motifs is 1. The molecule has 1 fully saturated rings.